The van der Waals surface area contributed by atoms with Crippen LogP contribution in [0.1, 0.15) is 22.9 Å². The zero-order valence-corrected chi connectivity index (χ0v) is 11.1. The van der Waals surface area contributed by atoms with Gasteiger partial charge in [-0.1, -0.05) is 23.2 Å². The highest BCUT2D eigenvalue weighted by Gasteiger charge is 2.17. The molecule has 1 heterocycles. The Bertz CT molecular complexity index is 549. The van der Waals surface area contributed by atoms with E-state index in [0.29, 0.717) is 10.0 Å². The van der Waals surface area contributed by atoms with Gasteiger partial charge in [-0.25, -0.2) is 0 Å². The molecular formula is C12H13Cl2N3. The Morgan fingerprint density at radius 1 is 1.29 bits per heavy atom. The lowest BCUT2D eigenvalue weighted by Gasteiger charge is -2.13. The van der Waals surface area contributed by atoms with Gasteiger partial charge >= 0.3 is 0 Å². The minimum Gasteiger partial charge on any atom is -0.320 e. The Morgan fingerprint density at radius 3 is 2.59 bits per heavy atom. The number of nitrogens with two attached hydrogens (primary N) is 1. The first-order chi connectivity index (χ1) is 7.99. The topological polar surface area (TPSA) is 43.8 Å². The molecule has 3 nitrogen and oxygen atoms in total. The number of hydrogen-bond acceptors (Lipinski definition) is 2. The molecule has 1 aromatic heterocycles. The van der Waals surface area contributed by atoms with Crippen molar-refractivity contribution in [1.82, 2.24) is 9.78 Å². The highest BCUT2D eigenvalue weighted by molar-refractivity contribution is 6.33. The summed E-state index contributed by atoms with van der Waals surface area (Å²) in [5, 5.41) is 5.51. The second-order valence-corrected chi connectivity index (χ2v) is 4.83. The van der Waals surface area contributed by atoms with Gasteiger partial charge in [0.05, 0.1) is 11.7 Å². The monoisotopic (exact) mass is 269 g/mol. The Labute approximate surface area is 110 Å². The van der Waals surface area contributed by atoms with E-state index in [1.165, 1.54) is 0 Å². The smallest absolute Gasteiger partial charge is 0.0644 e. The molecule has 1 atom stereocenters. The lowest BCUT2D eigenvalue weighted by Crippen LogP contribution is -2.12. The average Bonchev–Trinajstić information content (AvgIpc) is 2.60. The van der Waals surface area contributed by atoms with Crippen molar-refractivity contribution in [3.63, 3.8) is 0 Å². The number of nitrogens with zero attached hydrogens (tertiary/aromatic N) is 2. The number of rotatable bonds is 2. The van der Waals surface area contributed by atoms with E-state index in [0.717, 1.165) is 16.8 Å². The second-order valence-electron chi connectivity index (χ2n) is 3.99. The summed E-state index contributed by atoms with van der Waals surface area (Å²) >= 11 is 12.1. The van der Waals surface area contributed by atoms with Gasteiger partial charge in [-0.2, -0.15) is 5.10 Å². The summed E-state index contributed by atoms with van der Waals surface area (Å²) in [5.74, 6) is 0. The van der Waals surface area contributed by atoms with Crippen molar-refractivity contribution < 1.29 is 0 Å². The highest BCUT2D eigenvalue weighted by atomic mass is 35.5. The molecule has 1 aromatic carbocycles. The lowest BCUT2D eigenvalue weighted by atomic mass is 10.0. The normalized spacial score (nSPS) is 12.8. The van der Waals surface area contributed by atoms with Crippen molar-refractivity contribution in [2.24, 2.45) is 12.8 Å². The molecule has 0 aliphatic heterocycles. The van der Waals surface area contributed by atoms with E-state index in [-0.39, 0.29) is 6.04 Å². The molecule has 0 aliphatic carbocycles. The van der Waals surface area contributed by atoms with E-state index >= 15 is 0 Å². The third-order valence-corrected chi connectivity index (χ3v) is 3.26. The zero-order valence-electron chi connectivity index (χ0n) is 9.61. The third-order valence-electron chi connectivity index (χ3n) is 2.68. The largest absolute Gasteiger partial charge is 0.320 e. The molecule has 2 aromatic rings. The summed E-state index contributed by atoms with van der Waals surface area (Å²) in [5.41, 5.74) is 8.87. The van der Waals surface area contributed by atoms with Crippen LogP contribution in [0.4, 0.5) is 0 Å². The van der Waals surface area contributed by atoms with Gasteiger partial charge in [0.25, 0.3) is 0 Å². The maximum absolute atomic E-state index is 6.20. The third kappa shape index (κ3) is 2.46. The van der Waals surface area contributed by atoms with Crippen LogP contribution < -0.4 is 5.73 Å². The Morgan fingerprint density at radius 2 is 2.00 bits per heavy atom. The molecule has 0 aliphatic rings. The molecule has 1 unspecified atom stereocenters. The van der Waals surface area contributed by atoms with Gasteiger partial charge in [-0.05, 0) is 30.7 Å². The highest BCUT2D eigenvalue weighted by Crippen LogP contribution is 2.30. The van der Waals surface area contributed by atoms with Crippen molar-refractivity contribution in [1.29, 1.82) is 0 Å². The molecule has 0 radical (unpaired) electrons. The van der Waals surface area contributed by atoms with Crippen LogP contribution in [-0.4, -0.2) is 9.78 Å². The molecule has 90 valence electrons. The minimum atomic E-state index is -0.310. The number of aryl methyl sites for hydroxylation is 2. The van der Waals surface area contributed by atoms with Crippen LogP contribution in [0, 0.1) is 6.92 Å². The molecular weight excluding hydrogens is 257 g/mol. The predicted molar refractivity (Wildman–Crippen MR) is 70.4 cm³/mol. The van der Waals surface area contributed by atoms with E-state index in [4.69, 9.17) is 28.9 Å². The summed E-state index contributed by atoms with van der Waals surface area (Å²) in [6.45, 7) is 1.92. The standard InChI is InChI=1S/C12H13Cl2N3/c1-7-10(6-17(2)16-7)12(15)9-5-8(13)3-4-11(9)14/h3-6,12H,15H2,1-2H3. The van der Waals surface area contributed by atoms with Crippen molar-refractivity contribution in [3.05, 3.63) is 51.3 Å². The maximum atomic E-state index is 6.20. The van der Waals surface area contributed by atoms with Crippen molar-refractivity contribution in [3.8, 4) is 0 Å². The second kappa shape index (κ2) is 4.69. The molecule has 0 amide bonds. The van der Waals surface area contributed by atoms with Gasteiger partial charge in [0.1, 0.15) is 0 Å². The Hall–Kier alpha value is -1.03. The summed E-state index contributed by atoms with van der Waals surface area (Å²) in [6.07, 6.45) is 1.90. The molecule has 0 spiro atoms. The molecule has 0 saturated heterocycles. The van der Waals surface area contributed by atoms with Crippen LogP contribution in [0.2, 0.25) is 10.0 Å². The molecule has 0 bridgehead atoms. The summed E-state index contributed by atoms with van der Waals surface area (Å²) < 4.78 is 1.74. The summed E-state index contributed by atoms with van der Waals surface area (Å²) in [4.78, 5) is 0. The van der Waals surface area contributed by atoms with Gasteiger partial charge in [0, 0.05) is 28.9 Å². The number of aromatic nitrogens is 2. The fraction of sp³-hybridized carbons (Fsp3) is 0.250. The first-order valence-electron chi connectivity index (χ1n) is 5.19. The van der Waals surface area contributed by atoms with E-state index < -0.39 is 0 Å². The van der Waals surface area contributed by atoms with Gasteiger partial charge < -0.3 is 5.73 Å². The molecule has 0 saturated carbocycles. The van der Waals surface area contributed by atoms with Crippen molar-refractivity contribution in [2.45, 2.75) is 13.0 Å². The van der Waals surface area contributed by atoms with Crippen LogP contribution in [0.15, 0.2) is 24.4 Å². The van der Waals surface area contributed by atoms with E-state index in [1.54, 1.807) is 22.9 Å². The van der Waals surface area contributed by atoms with Gasteiger partial charge in [-0.3, -0.25) is 4.68 Å². The molecule has 0 fully saturated rings. The first kappa shape index (κ1) is 12.4. The van der Waals surface area contributed by atoms with Crippen molar-refractivity contribution in [2.75, 3.05) is 0 Å². The predicted octanol–water partition coefficient (Wildman–Crippen LogP) is 3.08. The fourth-order valence-electron chi connectivity index (χ4n) is 1.84. The van der Waals surface area contributed by atoms with Crippen LogP contribution in [0.25, 0.3) is 0 Å². The van der Waals surface area contributed by atoms with E-state index in [2.05, 4.69) is 5.10 Å². The van der Waals surface area contributed by atoms with Crippen LogP contribution >= 0.6 is 23.2 Å². The zero-order chi connectivity index (χ0) is 12.6. The average molecular weight is 270 g/mol. The van der Waals surface area contributed by atoms with E-state index in [9.17, 15) is 0 Å². The van der Waals surface area contributed by atoms with Crippen LogP contribution in [0.3, 0.4) is 0 Å². The number of halogens is 2. The number of benzene rings is 1. The molecule has 17 heavy (non-hydrogen) atoms. The van der Waals surface area contributed by atoms with Gasteiger partial charge in [0.15, 0.2) is 0 Å². The number of hydrogen-bond donors (Lipinski definition) is 1. The summed E-state index contributed by atoms with van der Waals surface area (Å²) in [6, 6.07) is 4.98. The fourth-order valence-corrected chi connectivity index (χ4v) is 2.26. The van der Waals surface area contributed by atoms with Gasteiger partial charge in [-0.15, -0.1) is 0 Å². The van der Waals surface area contributed by atoms with Crippen molar-refractivity contribution >= 4 is 23.2 Å². The first-order valence-corrected chi connectivity index (χ1v) is 5.95. The lowest BCUT2D eigenvalue weighted by molar-refractivity contribution is 0.756. The molecule has 5 heteroatoms. The SMILES string of the molecule is Cc1nn(C)cc1C(N)c1cc(Cl)ccc1Cl. The molecule has 2 N–H and O–H groups in total. The van der Waals surface area contributed by atoms with Crippen LogP contribution in [0.5, 0.6) is 0 Å². The van der Waals surface area contributed by atoms with Gasteiger partial charge in [0.2, 0.25) is 0 Å². The Balaban J connectivity index is 2.46. The van der Waals surface area contributed by atoms with Crippen LogP contribution in [-0.2, 0) is 7.05 Å². The quantitative estimate of drug-likeness (QED) is 0.911. The van der Waals surface area contributed by atoms with E-state index in [1.807, 2.05) is 20.2 Å². The summed E-state index contributed by atoms with van der Waals surface area (Å²) in [7, 11) is 1.86. The molecule has 2 rings (SSSR count). The maximum Gasteiger partial charge on any atom is 0.0644 e. The minimum absolute atomic E-state index is 0.310. The Kier molecular flexibility index (Phi) is 3.43.